The summed E-state index contributed by atoms with van der Waals surface area (Å²) < 4.78 is 0.222. The maximum absolute atomic E-state index is 9.47. The van der Waals surface area contributed by atoms with E-state index in [1.807, 2.05) is 0 Å². The van der Waals surface area contributed by atoms with E-state index in [0.29, 0.717) is 0 Å². The Kier molecular flexibility index (Phi) is 2.09. The van der Waals surface area contributed by atoms with Gasteiger partial charge >= 0.3 is 39.9 Å². The van der Waals surface area contributed by atoms with E-state index in [4.69, 9.17) is 0 Å². The maximum atomic E-state index is 9.47. The van der Waals surface area contributed by atoms with E-state index >= 15 is 0 Å². The normalized spacial score (nSPS) is 6.50. The molecule has 0 spiro atoms. The van der Waals surface area contributed by atoms with Crippen LogP contribution in [0.15, 0.2) is 0 Å². The fraction of sp³-hybridized carbons (Fsp3) is 0.500. The van der Waals surface area contributed by atoms with E-state index in [-0.39, 0.29) is 3.49 Å². The molecule has 0 aliphatic carbocycles. The molecule has 0 bridgehead atoms. The molecule has 0 atom stereocenters. The Morgan fingerprint density at radius 1 is 2.00 bits per heavy atom. The van der Waals surface area contributed by atoms with Gasteiger partial charge in [-0.2, -0.15) is 0 Å². The minimum absolute atomic E-state index is 0.222. The van der Waals surface area contributed by atoms with Crippen molar-refractivity contribution in [3.05, 3.63) is 0 Å². The molecule has 0 amide bonds. The van der Waals surface area contributed by atoms with Crippen LogP contribution < -0.4 is 0 Å². The van der Waals surface area contributed by atoms with Gasteiger partial charge in [0.15, 0.2) is 0 Å². The van der Waals surface area contributed by atoms with Gasteiger partial charge in [-0.1, -0.05) is 0 Å². The van der Waals surface area contributed by atoms with Crippen LogP contribution in [0, 0.1) is 24.7 Å². The number of carbonyl (C=O) groups is 1. The average Bonchev–Trinajstić information content (AvgIpc) is 0.811. The topological polar surface area (TPSA) is 17.1 Å². The van der Waals surface area contributed by atoms with Crippen molar-refractivity contribution < 1.29 is 29.5 Å². The van der Waals surface area contributed by atoms with Crippen molar-refractivity contribution in [3.8, 4) is 0 Å². The Labute approximate surface area is 40.2 Å². The van der Waals surface area contributed by atoms with Gasteiger partial charge in [0.2, 0.25) is 0 Å². The first kappa shape index (κ1) is 4.55. The number of hydrogen-bond acceptors (Lipinski definition) is 1. The molecule has 0 saturated heterocycles. The van der Waals surface area contributed by atoms with Crippen LogP contribution in [0.25, 0.3) is 0 Å². The van der Waals surface area contributed by atoms with Gasteiger partial charge in [0.05, 0.1) is 0 Å². The second-order valence-corrected chi connectivity index (χ2v) is 2.54. The summed E-state index contributed by atoms with van der Waals surface area (Å²) in [6, 6.07) is 0. The van der Waals surface area contributed by atoms with E-state index in [2.05, 4.69) is 0 Å². The summed E-state index contributed by atoms with van der Waals surface area (Å²) in [6.07, 6.45) is 0. The third-order valence-electron chi connectivity index (χ3n) is 0. The van der Waals surface area contributed by atoms with Crippen LogP contribution in [-0.2, 0) is 4.79 Å². The number of rotatable bonds is 0. The predicted molar refractivity (Wildman–Crippen MR) is 10.7 cm³/mol. The van der Waals surface area contributed by atoms with E-state index < -0.39 is 0 Å². The van der Waals surface area contributed by atoms with Crippen LogP contribution in [0.4, 0.5) is 0 Å². The van der Waals surface area contributed by atoms with Crippen LogP contribution in [0.1, 0.15) is 6.92 Å². The first-order valence-corrected chi connectivity index (χ1v) is 2.36. The van der Waals surface area contributed by atoms with Crippen molar-refractivity contribution >= 4 is 3.49 Å². The molecule has 0 rings (SSSR count). The summed E-state index contributed by atoms with van der Waals surface area (Å²) in [7, 11) is 0. The van der Waals surface area contributed by atoms with Crippen molar-refractivity contribution in [1.29, 1.82) is 0 Å². The van der Waals surface area contributed by atoms with E-state index in [0.717, 1.165) is 0 Å². The van der Waals surface area contributed by atoms with Gasteiger partial charge in [-0.15, -0.1) is 0 Å². The van der Waals surface area contributed by atoms with Crippen LogP contribution in [0.2, 0.25) is 0 Å². The first-order valence-electron chi connectivity index (χ1n) is 0.893. The first-order chi connectivity index (χ1) is 1.73. The molecule has 0 aliphatic rings. The quantitative estimate of drug-likeness (QED) is 0.597. The van der Waals surface area contributed by atoms with E-state index in [1.165, 1.54) is 24.7 Å². The molecule has 0 aliphatic heterocycles. The average molecular weight is 253 g/mol. The Morgan fingerprint density at radius 3 is 2.00 bits per heavy atom. The predicted octanol–water partition coefficient (Wildman–Crippen LogP) is 0.0822. The molecule has 0 unspecified atom stereocenters. The van der Waals surface area contributed by atoms with Crippen LogP contribution in [-0.4, -0.2) is 3.49 Å². The molecule has 0 heterocycles. The van der Waals surface area contributed by atoms with Gasteiger partial charge < -0.3 is 0 Å². The fourth-order valence-corrected chi connectivity index (χ4v) is 0. The van der Waals surface area contributed by atoms with Crippen LogP contribution >= 0.6 is 0 Å². The molecule has 24 valence electrons. The summed E-state index contributed by atoms with van der Waals surface area (Å²) in [4.78, 5) is 9.47. The number of hydrogen-bond donors (Lipinski definition) is 0. The molecule has 0 fully saturated rings. The zero-order chi connectivity index (χ0) is 3.58. The Morgan fingerprint density at radius 2 is 2.00 bits per heavy atom. The van der Waals surface area contributed by atoms with Gasteiger partial charge in [0, 0.05) is 0 Å². The van der Waals surface area contributed by atoms with E-state index in [9.17, 15) is 4.79 Å². The Bertz CT molecular complexity index is 29.0. The SMILES string of the molecule is CC(=O)[At]. The van der Waals surface area contributed by atoms with Crippen molar-refractivity contribution in [2.75, 3.05) is 0 Å². The molecular weight excluding hydrogens is 250 g/mol. The minimum atomic E-state index is 0.222. The van der Waals surface area contributed by atoms with Crippen LogP contribution in [0.5, 0.6) is 0 Å². The molecule has 0 N–H and O–H groups in total. The molecule has 1 nitrogen and oxygen atoms in total. The molecule has 2 heteroatoms. The fourth-order valence-electron chi connectivity index (χ4n) is 0. The Balaban J connectivity index is 2.80. The van der Waals surface area contributed by atoms with Gasteiger partial charge in [-0.25, -0.2) is 0 Å². The van der Waals surface area contributed by atoms with Crippen molar-refractivity contribution in [1.82, 2.24) is 0 Å². The molecule has 4 heavy (non-hydrogen) atoms. The summed E-state index contributed by atoms with van der Waals surface area (Å²) in [5, 5.41) is 0. The molecule has 0 radical (unpaired) electrons. The summed E-state index contributed by atoms with van der Waals surface area (Å²) in [5.41, 5.74) is 0. The van der Waals surface area contributed by atoms with Gasteiger partial charge in [-0.3, -0.25) is 0 Å². The second-order valence-electron chi connectivity index (χ2n) is 0.470. The standard InChI is InChI=1S/C2H3AtO/c1-2(3)4/h1H3. The third kappa shape index (κ3) is 20.1. The molecule has 0 saturated carbocycles. The zero-order valence-corrected chi connectivity index (χ0v) is 5.22. The van der Waals surface area contributed by atoms with Crippen molar-refractivity contribution in [2.45, 2.75) is 6.92 Å². The van der Waals surface area contributed by atoms with Crippen LogP contribution in [0.3, 0.4) is 0 Å². The monoisotopic (exact) mass is 253 g/mol. The summed E-state index contributed by atoms with van der Waals surface area (Å²) in [5.74, 6) is 0. The molecule has 0 aromatic rings. The summed E-state index contributed by atoms with van der Waals surface area (Å²) in [6.45, 7) is 1.55. The van der Waals surface area contributed by atoms with Gasteiger partial charge in [0.1, 0.15) is 0 Å². The van der Waals surface area contributed by atoms with Crippen molar-refractivity contribution in [2.24, 2.45) is 0 Å². The zero-order valence-electron chi connectivity index (χ0n) is 2.29. The molecule has 0 aromatic carbocycles. The number of carbonyl (C=O) groups excluding carboxylic acids is 1. The summed E-state index contributed by atoms with van der Waals surface area (Å²) >= 11 is 1.20. The van der Waals surface area contributed by atoms with E-state index in [1.54, 1.807) is 6.92 Å². The molecular formula is C2H3AtO. The Hall–Kier alpha value is 0.553. The molecule has 0 aromatic heterocycles. The van der Waals surface area contributed by atoms with Crippen molar-refractivity contribution in [3.63, 3.8) is 0 Å². The third-order valence-corrected chi connectivity index (χ3v) is 0. The van der Waals surface area contributed by atoms with Gasteiger partial charge in [0.25, 0.3) is 0 Å². The second kappa shape index (κ2) is 1.83. The van der Waals surface area contributed by atoms with Gasteiger partial charge in [-0.05, 0) is 0 Å².